The summed E-state index contributed by atoms with van der Waals surface area (Å²) in [6.07, 6.45) is 4.08. The van der Waals surface area contributed by atoms with Crippen molar-refractivity contribution in [2.24, 2.45) is 5.92 Å². The Morgan fingerprint density at radius 2 is 2.47 bits per heavy atom. The van der Waals surface area contributed by atoms with Crippen molar-refractivity contribution in [1.29, 1.82) is 0 Å². The predicted molar refractivity (Wildman–Crippen MR) is 73.2 cm³/mol. The van der Waals surface area contributed by atoms with Gasteiger partial charge in [0.1, 0.15) is 5.01 Å². The Morgan fingerprint density at radius 3 is 3.24 bits per heavy atom. The van der Waals surface area contributed by atoms with Crippen LogP contribution in [-0.4, -0.2) is 30.0 Å². The Hall–Kier alpha value is -0.450. The molecule has 3 nitrogen and oxygen atoms in total. The third-order valence-electron chi connectivity index (χ3n) is 3.38. The number of nitrogens with zero attached hydrogens (tertiary/aromatic N) is 2. The van der Waals surface area contributed by atoms with Crippen LogP contribution >= 0.6 is 11.3 Å². The van der Waals surface area contributed by atoms with Gasteiger partial charge in [-0.15, -0.1) is 11.3 Å². The van der Waals surface area contributed by atoms with E-state index in [4.69, 9.17) is 0 Å². The average Bonchev–Trinajstić information content (AvgIpc) is 2.91. The number of hydrogen-bond donors (Lipinski definition) is 1. The van der Waals surface area contributed by atoms with Crippen molar-refractivity contribution in [2.75, 3.05) is 20.1 Å². The molecule has 1 atom stereocenters. The number of aromatic nitrogens is 1. The quantitative estimate of drug-likeness (QED) is 0.844. The maximum Gasteiger partial charge on any atom is 0.107 e. The van der Waals surface area contributed by atoms with Crippen molar-refractivity contribution >= 4 is 11.3 Å². The van der Waals surface area contributed by atoms with E-state index < -0.39 is 0 Å². The fourth-order valence-corrected chi connectivity index (χ4v) is 3.38. The van der Waals surface area contributed by atoms with Crippen molar-refractivity contribution in [2.45, 2.75) is 39.3 Å². The molecule has 1 unspecified atom stereocenters. The minimum absolute atomic E-state index is 0.892. The first-order valence-corrected chi connectivity index (χ1v) is 7.50. The van der Waals surface area contributed by atoms with Crippen LogP contribution < -0.4 is 5.32 Å². The van der Waals surface area contributed by atoms with Gasteiger partial charge in [0.2, 0.25) is 0 Å². The SMILES string of the molecule is CCCC1CCN(Cc2csc(CNC)n2)C1. The molecule has 2 rings (SSSR count). The minimum atomic E-state index is 0.892. The van der Waals surface area contributed by atoms with Crippen molar-refractivity contribution < 1.29 is 0 Å². The molecule has 1 fully saturated rings. The van der Waals surface area contributed by atoms with Gasteiger partial charge in [0.25, 0.3) is 0 Å². The molecule has 0 radical (unpaired) electrons. The highest BCUT2D eigenvalue weighted by Gasteiger charge is 2.22. The maximum absolute atomic E-state index is 4.65. The number of likely N-dealkylation sites (tertiary alicyclic amines) is 1. The summed E-state index contributed by atoms with van der Waals surface area (Å²) < 4.78 is 0. The van der Waals surface area contributed by atoms with Gasteiger partial charge in [0.15, 0.2) is 0 Å². The molecule has 1 N–H and O–H groups in total. The van der Waals surface area contributed by atoms with Crippen molar-refractivity contribution in [1.82, 2.24) is 15.2 Å². The Balaban J connectivity index is 1.80. The van der Waals surface area contributed by atoms with Crippen molar-refractivity contribution in [3.05, 3.63) is 16.1 Å². The van der Waals surface area contributed by atoms with Crippen molar-refractivity contribution in [3.8, 4) is 0 Å². The van der Waals surface area contributed by atoms with E-state index in [1.54, 1.807) is 11.3 Å². The Bertz CT molecular complexity index is 337. The van der Waals surface area contributed by atoms with Crippen LogP contribution in [0.1, 0.15) is 36.9 Å². The van der Waals surface area contributed by atoms with Crippen LogP contribution in [-0.2, 0) is 13.1 Å². The summed E-state index contributed by atoms with van der Waals surface area (Å²) in [5, 5.41) is 6.56. The summed E-state index contributed by atoms with van der Waals surface area (Å²) in [7, 11) is 1.97. The second-order valence-electron chi connectivity index (χ2n) is 4.94. The Labute approximate surface area is 108 Å². The van der Waals surface area contributed by atoms with E-state index in [0.29, 0.717) is 0 Å². The lowest BCUT2D eigenvalue weighted by Crippen LogP contribution is -2.20. The molecule has 4 heteroatoms. The molecule has 1 saturated heterocycles. The van der Waals surface area contributed by atoms with Gasteiger partial charge in [0, 0.05) is 25.0 Å². The molecular weight excluding hydrogens is 230 g/mol. The normalized spacial score (nSPS) is 21.2. The van der Waals surface area contributed by atoms with E-state index in [-0.39, 0.29) is 0 Å². The number of thiazole rings is 1. The van der Waals surface area contributed by atoms with Crippen LogP contribution in [0.25, 0.3) is 0 Å². The Kier molecular flexibility index (Phi) is 4.95. The molecule has 96 valence electrons. The molecule has 1 aromatic rings. The van der Waals surface area contributed by atoms with E-state index in [9.17, 15) is 0 Å². The van der Waals surface area contributed by atoms with Gasteiger partial charge >= 0.3 is 0 Å². The third-order valence-corrected chi connectivity index (χ3v) is 4.28. The summed E-state index contributed by atoms with van der Waals surface area (Å²) in [5.74, 6) is 0.926. The van der Waals surface area contributed by atoms with Crippen LogP contribution in [0.3, 0.4) is 0 Å². The van der Waals surface area contributed by atoms with Crippen LogP contribution in [0.4, 0.5) is 0 Å². The van der Waals surface area contributed by atoms with Gasteiger partial charge in [-0.05, 0) is 32.4 Å². The molecule has 1 aliphatic rings. The van der Waals surface area contributed by atoms with Gasteiger partial charge < -0.3 is 5.32 Å². The zero-order valence-corrected chi connectivity index (χ0v) is 11.7. The second-order valence-corrected chi connectivity index (χ2v) is 5.88. The average molecular weight is 253 g/mol. The lowest BCUT2D eigenvalue weighted by molar-refractivity contribution is 0.309. The van der Waals surface area contributed by atoms with Gasteiger partial charge in [0.05, 0.1) is 5.69 Å². The fourth-order valence-electron chi connectivity index (χ4n) is 2.58. The second kappa shape index (κ2) is 6.47. The smallest absolute Gasteiger partial charge is 0.107 e. The molecule has 0 aliphatic carbocycles. The molecule has 0 aromatic carbocycles. The molecule has 1 aliphatic heterocycles. The number of hydrogen-bond acceptors (Lipinski definition) is 4. The summed E-state index contributed by atoms with van der Waals surface area (Å²) >= 11 is 1.77. The summed E-state index contributed by atoms with van der Waals surface area (Å²) in [5.41, 5.74) is 1.25. The highest BCUT2D eigenvalue weighted by Crippen LogP contribution is 2.22. The van der Waals surface area contributed by atoms with Crippen LogP contribution in [0, 0.1) is 5.92 Å². The van der Waals surface area contributed by atoms with E-state index >= 15 is 0 Å². The zero-order chi connectivity index (χ0) is 12.1. The number of nitrogens with one attached hydrogen (secondary N) is 1. The number of rotatable bonds is 6. The third kappa shape index (κ3) is 3.76. The van der Waals surface area contributed by atoms with E-state index in [1.807, 2.05) is 7.05 Å². The minimum Gasteiger partial charge on any atom is -0.314 e. The zero-order valence-electron chi connectivity index (χ0n) is 10.9. The molecular formula is C13H23N3S. The molecule has 0 amide bonds. The summed E-state index contributed by atoms with van der Waals surface area (Å²) in [6.45, 7) is 6.74. The maximum atomic E-state index is 4.65. The van der Waals surface area contributed by atoms with Gasteiger partial charge in [-0.3, -0.25) is 4.90 Å². The van der Waals surface area contributed by atoms with E-state index in [0.717, 1.165) is 19.0 Å². The summed E-state index contributed by atoms with van der Waals surface area (Å²) in [4.78, 5) is 7.20. The molecule has 0 spiro atoms. The highest BCUT2D eigenvalue weighted by molar-refractivity contribution is 7.09. The molecule has 17 heavy (non-hydrogen) atoms. The van der Waals surface area contributed by atoms with Crippen molar-refractivity contribution in [3.63, 3.8) is 0 Å². The van der Waals surface area contributed by atoms with Crippen LogP contribution in [0.15, 0.2) is 5.38 Å². The topological polar surface area (TPSA) is 28.2 Å². The van der Waals surface area contributed by atoms with Gasteiger partial charge in [-0.2, -0.15) is 0 Å². The van der Waals surface area contributed by atoms with E-state index in [1.165, 1.54) is 43.1 Å². The fraction of sp³-hybridized carbons (Fsp3) is 0.769. The largest absolute Gasteiger partial charge is 0.314 e. The predicted octanol–water partition coefficient (Wildman–Crippen LogP) is 2.48. The first-order chi connectivity index (χ1) is 8.31. The molecule has 0 bridgehead atoms. The highest BCUT2D eigenvalue weighted by atomic mass is 32.1. The standard InChI is InChI=1S/C13H23N3S/c1-3-4-11-5-6-16(8-11)9-12-10-17-13(15-12)7-14-2/h10-11,14H,3-9H2,1-2H3. The Morgan fingerprint density at radius 1 is 1.59 bits per heavy atom. The van der Waals surface area contributed by atoms with Crippen LogP contribution in [0.2, 0.25) is 0 Å². The molecule has 1 aromatic heterocycles. The van der Waals surface area contributed by atoms with Gasteiger partial charge in [-0.1, -0.05) is 13.3 Å². The summed E-state index contributed by atoms with van der Waals surface area (Å²) in [6, 6.07) is 0. The monoisotopic (exact) mass is 253 g/mol. The lowest BCUT2D eigenvalue weighted by atomic mass is 10.0. The first kappa shape index (κ1) is 13.0. The first-order valence-electron chi connectivity index (χ1n) is 6.62. The van der Waals surface area contributed by atoms with Crippen LogP contribution in [0.5, 0.6) is 0 Å². The van der Waals surface area contributed by atoms with Gasteiger partial charge in [-0.25, -0.2) is 4.98 Å². The van der Waals surface area contributed by atoms with E-state index in [2.05, 4.69) is 27.5 Å². The molecule has 2 heterocycles. The molecule has 0 saturated carbocycles. The lowest BCUT2D eigenvalue weighted by Gasteiger charge is -2.14.